The number of nitrogens with zero attached hydrogens (tertiary/aromatic N) is 10. The van der Waals surface area contributed by atoms with Crippen LogP contribution >= 0.6 is 0 Å². The number of pyridine rings is 4. The van der Waals surface area contributed by atoms with Crippen LogP contribution in [0.1, 0.15) is 60.3 Å². The fraction of sp³-hybridized carbons (Fsp3) is 0.367. The Bertz CT molecular complexity index is 4110. The van der Waals surface area contributed by atoms with Crippen molar-refractivity contribution in [2.45, 2.75) is 74.3 Å². The van der Waals surface area contributed by atoms with Crippen LogP contribution in [0.3, 0.4) is 0 Å². The minimum Gasteiger partial charge on any atom is -0.487 e. The SMILES string of the molecule is Cc1cnn(C)c1-c1cnc2c3c(OCC(F)F)ccc(S(C)(=O)=O)c3n(C(c3ncccc3F)C3CCOCC3)c2c1.Cc1cnn(C)c1-c1cnc2c3c(OCC(F)F)ccc(S(C)(=O)=O)c3n(C(c3ncccc3F)C3CCOCC3)c2c1. The third-order valence-corrected chi connectivity index (χ3v) is 18.1. The van der Waals surface area contributed by atoms with Gasteiger partial charge in [-0.1, -0.05) is 0 Å². The van der Waals surface area contributed by atoms with Gasteiger partial charge in [-0.25, -0.2) is 43.2 Å². The number of aryl methyl sites for hydroxylation is 4. The highest BCUT2D eigenvalue weighted by molar-refractivity contribution is 7.91. The van der Waals surface area contributed by atoms with Crippen molar-refractivity contribution in [2.24, 2.45) is 25.9 Å². The lowest BCUT2D eigenvalue weighted by Gasteiger charge is -2.32. The summed E-state index contributed by atoms with van der Waals surface area (Å²) in [7, 11) is -4.15. The number of alkyl halides is 4. The lowest BCUT2D eigenvalue weighted by Crippen LogP contribution is -2.28. The van der Waals surface area contributed by atoms with E-state index >= 15 is 8.78 Å². The molecule has 2 aliphatic heterocycles. The Hall–Kier alpha value is -7.94. The summed E-state index contributed by atoms with van der Waals surface area (Å²) in [6.45, 7) is 3.77. The summed E-state index contributed by atoms with van der Waals surface area (Å²) < 4.78 is 167. The largest absolute Gasteiger partial charge is 0.487 e. The maximum absolute atomic E-state index is 15.7. The fourth-order valence-corrected chi connectivity index (χ4v) is 14.0. The Labute approximate surface area is 490 Å². The van der Waals surface area contributed by atoms with Gasteiger partial charge in [-0.05, 0) is 123 Å². The first kappa shape index (κ1) is 59.8. The van der Waals surface area contributed by atoms with Gasteiger partial charge in [0.05, 0.1) is 101 Å². The highest BCUT2D eigenvalue weighted by atomic mass is 32.2. The second kappa shape index (κ2) is 24.1. The van der Waals surface area contributed by atoms with Crippen LogP contribution in [0.25, 0.3) is 66.4 Å². The summed E-state index contributed by atoms with van der Waals surface area (Å²) >= 11 is 0. The topological polar surface area (TPSA) is 202 Å². The molecule has 452 valence electrons. The smallest absolute Gasteiger partial charge is 0.272 e. The molecule has 0 bridgehead atoms. The summed E-state index contributed by atoms with van der Waals surface area (Å²) in [5.74, 6) is -1.39. The monoisotopic (exact) mass is 1230 g/mol. The summed E-state index contributed by atoms with van der Waals surface area (Å²) in [6, 6.07) is 13.2. The third-order valence-electron chi connectivity index (χ3n) is 15.8. The van der Waals surface area contributed by atoms with E-state index in [9.17, 15) is 34.4 Å². The average Bonchev–Trinajstić information content (AvgIpc) is 1.72. The van der Waals surface area contributed by atoms with Gasteiger partial charge in [-0.15, -0.1) is 0 Å². The lowest BCUT2D eigenvalue weighted by atomic mass is 9.88. The summed E-state index contributed by atoms with van der Waals surface area (Å²) in [5, 5.41) is 9.19. The van der Waals surface area contributed by atoms with Gasteiger partial charge in [0.2, 0.25) is 0 Å². The Morgan fingerprint density at radius 1 is 0.570 bits per heavy atom. The van der Waals surface area contributed by atoms with Gasteiger partial charge in [0.25, 0.3) is 12.9 Å². The van der Waals surface area contributed by atoms with Gasteiger partial charge in [-0.2, -0.15) is 10.2 Å². The van der Waals surface area contributed by atoms with Gasteiger partial charge >= 0.3 is 0 Å². The second-order valence-corrected chi connectivity index (χ2v) is 25.5. The first-order chi connectivity index (χ1) is 41.1. The number of rotatable bonds is 16. The van der Waals surface area contributed by atoms with Crippen molar-refractivity contribution >= 4 is 63.5 Å². The van der Waals surface area contributed by atoms with Crippen LogP contribution in [0, 0.1) is 37.3 Å². The summed E-state index contributed by atoms with van der Waals surface area (Å²) in [4.78, 5) is 18.3. The zero-order valence-corrected chi connectivity index (χ0v) is 49.2. The number of benzene rings is 2. The predicted molar refractivity (Wildman–Crippen MR) is 309 cm³/mol. The van der Waals surface area contributed by atoms with Gasteiger partial charge in [0.1, 0.15) is 36.3 Å². The molecule has 0 saturated carbocycles. The molecule has 10 heterocycles. The van der Waals surface area contributed by atoms with E-state index in [0.717, 1.165) is 35.0 Å². The van der Waals surface area contributed by atoms with Crippen LogP contribution in [0.4, 0.5) is 26.3 Å². The van der Waals surface area contributed by atoms with E-state index in [0.29, 0.717) is 85.3 Å². The standard InChI is InChI=1S/2C30H30F3N5O4S/c2*1-17-14-36-37(2)28(17)19-13-21-27(35-15-19)25-22(42-16-24(32)33)6-7-23(43(3,39)40)30(25)38(21)29(18-8-11-41-12-9-18)26-20(31)5-4-10-34-26/h2*4-7,10,13-15,18,24,29H,8-9,11-12,16H2,1-3H3. The van der Waals surface area contributed by atoms with Crippen molar-refractivity contribution in [1.29, 1.82) is 0 Å². The van der Waals surface area contributed by atoms with Crippen molar-refractivity contribution in [2.75, 3.05) is 52.2 Å². The molecule has 2 saturated heterocycles. The minimum atomic E-state index is -3.88. The molecule has 8 aromatic heterocycles. The Balaban J connectivity index is 0.000000179. The Morgan fingerprint density at radius 2 is 0.953 bits per heavy atom. The first-order valence-corrected chi connectivity index (χ1v) is 31.4. The van der Waals surface area contributed by atoms with E-state index in [1.807, 2.05) is 26.0 Å². The molecule has 26 heteroatoms. The van der Waals surface area contributed by atoms with E-state index in [2.05, 4.69) is 20.2 Å². The van der Waals surface area contributed by atoms with Crippen molar-refractivity contribution < 1.29 is 62.1 Å². The molecule has 2 aliphatic rings. The molecule has 2 aromatic carbocycles. The number of aromatic nitrogens is 10. The Kier molecular flexibility index (Phi) is 16.7. The molecule has 18 nitrogen and oxygen atoms in total. The molecule has 0 N–H and O–H groups in total. The molecule has 0 spiro atoms. The Morgan fingerprint density at radius 3 is 1.28 bits per heavy atom. The summed E-state index contributed by atoms with van der Waals surface area (Å²) in [5.41, 5.74) is 7.02. The number of hydrogen-bond donors (Lipinski definition) is 0. The van der Waals surface area contributed by atoms with Gasteiger partial charge in [-0.3, -0.25) is 29.3 Å². The van der Waals surface area contributed by atoms with Gasteiger partial charge < -0.3 is 28.1 Å². The minimum absolute atomic E-state index is 0.0515. The quantitative estimate of drug-likeness (QED) is 0.0827. The molecule has 10 aromatic rings. The number of ether oxygens (including phenoxy) is 4. The molecule has 86 heavy (non-hydrogen) atoms. The molecule has 12 rings (SSSR count). The van der Waals surface area contributed by atoms with Crippen LogP contribution in [0.2, 0.25) is 0 Å². The third kappa shape index (κ3) is 11.4. The molecule has 0 aliphatic carbocycles. The van der Waals surface area contributed by atoms with Crippen molar-refractivity contribution in [1.82, 2.24) is 48.6 Å². The zero-order chi connectivity index (χ0) is 60.9. The van der Waals surface area contributed by atoms with E-state index < -0.39 is 69.5 Å². The van der Waals surface area contributed by atoms with Crippen LogP contribution in [-0.4, -0.2) is 130 Å². The van der Waals surface area contributed by atoms with Crippen molar-refractivity contribution in [3.8, 4) is 34.0 Å². The van der Waals surface area contributed by atoms with E-state index in [-0.39, 0.29) is 66.3 Å². The number of fused-ring (bicyclic) bond motifs is 6. The highest BCUT2D eigenvalue weighted by Crippen LogP contribution is 2.48. The molecule has 0 radical (unpaired) electrons. The van der Waals surface area contributed by atoms with Gasteiger partial charge in [0.15, 0.2) is 19.7 Å². The van der Waals surface area contributed by atoms with Crippen molar-refractivity contribution in [3.63, 3.8) is 0 Å². The fourth-order valence-electron chi connectivity index (χ4n) is 12.3. The summed E-state index contributed by atoms with van der Waals surface area (Å²) in [6.07, 6.45) is 8.57. The van der Waals surface area contributed by atoms with E-state index in [1.54, 1.807) is 57.4 Å². The normalized spacial score (nSPS) is 15.5. The zero-order valence-electron chi connectivity index (χ0n) is 47.6. The van der Waals surface area contributed by atoms with Crippen molar-refractivity contribution in [3.05, 3.63) is 132 Å². The van der Waals surface area contributed by atoms with Crippen LogP contribution in [0.5, 0.6) is 11.5 Å². The maximum Gasteiger partial charge on any atom is 0.272 e. The maximum atomic E-state index is 15.7. The van der Waals surface area contributed by atoms with E-state index in [4.69, 9.17) is 28.9 Å². The molecule has 2 fully saturated rings. The predicted octanol–water partition coefficient (Wildman–Crippen LogP) is 11.0. The second-order valence-electron chi connectivity index (χ2n) is 21.6. The van der Waals surface area contributed by atoms with Crippen LogP contribution in [-0.2, 0) is 43.2 Å². The molecule has 2 atom stereocenters. The van der Waals surface area contributed by atoms with Crippen LogP contribution in [0.15, 0.2) is 108 Å². The van der Waals surface area contributed by atoms with E-state index in [1.165, 1.54) is 60.9 Å². The molecule has 2 unspecified atom stereocenters. The first-order valence-electron chi connectivity index (χ1n) is 27.6. The lowest BCUT2D eigenvalue weighted by molar-refractivity contribution is 0.0541. The number of hydrogen-bond acceptors (Lipinski definition) is 14. The van der Waals surface area contributed by atoms with Gasteiger partial charge in [0, 0.05) is 88.9 Å². The molecule has 0 amide bonds. The number of halogens is 6. The molecular weight excluding hydrogens is 1170 g/mol. The average molecular weight is 1230 g/mol. The van der Waals surface area contributed by atoms with Crippen LogP contribution < -0.4 is 9.47 Å². The highest BCUT2D eigenvalue weighted by Gasteiger charge is 2.38. The number of sulfone groups is 2. The molecular formula is C60H60F6N10O8S2.